The highest BCUT2D eigenvalue weighted by Gasteiger charge is 2.15. The molecule has 0 aliphatic carbocycles. The Morgan fingerprint density at radius 2 is 1.55 bits per heavy atom. The van der Waals surface area contributed by atoms with Crippen LogP contribution in [0.2, 0.25) is 0 Å². The molecule has 0 unspecified atom stereocenters. The predicted molar refractivity (Wildman–Crippen MR) is 83.5 cm³/mol. The van der Waals surface area contributed by atoms with Crippen molar-refractivity contribution < 1.29 is 4.42 Å². The van der Waals surface area contributed by atoms with Gasteiger partial charge in [0.05, 0.1) is 11.6 Å². The fraction of sp³-hybridized carbons (Fsp3) is 0.105. The third-order valence-corrected chi connectivity index (χ3v) is 3.48. The average molecular weight is 261 g/mol. The van der Waals surface area contributed by atoms with E-state index >= 15 is 0 Å². The Kier molecular flexibility index (Phi) is 3.34. The van der Waals surface area contributed by atoms with Gasteiger partial charge in [-0.3, -0.25) is 0 Å². The quantitative estimate of drug-likeness (QED) is 0.553. The third-order valence-electron chi connectivity index (χ3n) is 3.48. The molecular weight excluding hydrogens is 244 g/mol. The Balaban J connectivity index is 2.08. The number of aryl methyl sites for hydroxylation is 2. The van der Waals surface area contributed by atoms with Crippen molar-refractivity contribution in [3.05, 3.63) is 78.1 Å². The van der Waals surface area contributed by atoms with E-state index in [1.54, 1.807) is 6.26 Å². The lowest BCUT2D eigenvalue weighted by Gasteiger charge is -2.02. The van der Waals surface area contributed by atoms with Gasteiger partial charge in [-0.2, -0.15) is 0 Å². The van der Waals surface area contributed by atoms with Crippen LogP contribution in [0.1, 0.15) is 11.1 Å². The van der Waals surface area contributed by atoms with Crippen LogP contribution in [0.15, 0.2) is 71.3 Å². The van der Waals surface area contributed by atoms with E-state index in [-0.39, 0.29) is 0 Å². The summed E-state index contributed by atoms with van der Waals surface area (Å²) in [7, 11) is 0. The zero-order valence-corrected chi connectivity index (χ0v) is 11.8. The van der Waals surface area contributed by atoms with Gasteiger partial charge in [-0.25, -0.2) is 4.42 Å². The van der Waals surface area contributed by atoms with Crippen molar-refractivity contribution in [3.8, 4) is 22.5 Å². The summed E-state index contributed by atoms with van der Waals surface area (Å²) >= 11 is 0. The van der Waals surface area contributed by atoms with Crippen LogP contribution in [0, 0.1) is 13.8 Å². The molecular formula is C19H17O+. The van der Waals surface area contributed by atoms with Gasteiger partial charge in [0.25, 0.3) is 0 Å². The molecule has 3 rings (SSSR count). The number of hydrogen-bond acceptors (Lipinski definition) is 0. The highest BCUT2D eigenvalue weighted by molar-refractivity contribution is 5.70. The Morgan fingerprint density at radius 3 is 2.30 bits per heavy atom. The molecule has 0 amide bonds. The van der Waals surface area contributed by atoms with Gasteiger partial charge in [0, 0.05) is 6.07 Å². The molecule has 0 N–H and O–H groups in total. The van der Waals surface area contributed by atoms with E-state index in [4.69, 9.17) is 4.42 Å². The van der Waals surface area contributed by atoms with Gasteiger partial charge < -0.3 is 0 Å². The van der Waals surface area contributed by atoms with E-state index in [1.807, 2.05) is 12.1 Å². The maximum atomic E-state index is 5.70. The minimum absolute atomic E-state index is 0.906. The molecule has 0 aliphatic heterocycles. The molecule has 3 aromatic rings. The minimum Gasteiger partial charge on any atom is -0.216 e. The summed E-state index contributed by atoms with van der Waals surface area (Å²) in [6, 6.07) is 20.9. The van der Waals surface area contributed by atoms with E-state index in [2.05, 4.69) is 62.4 Å². The number of benzene rings is 2. The SMILES string of the molecule is Cc1ccc(-c2cc(-c3ccccc3)cc[o+]2)c(C)c1. The molecule has 1 aromatic heterocycles. The van der Waals surface area contributed by atoms with Crippen LogP contribution in [0.25, 0.3) is 22.5 Å². The van der Waals surface area contributed by atoms with Gasteiger partial charge in [0.2, 0.25) is 0 Å². The van der Waals surface area contributed by atoms with Crippen molar-refractivity contribution in [2.24, 2.45) is 0 Å². The smallest absolute Gasteiger partial charge is 0.216 e. The molecule has 1 heteroatoms. The number of rotatable bonds is 2. The monoisotopic (exact) mass is 261 g/mol. The summed E-state index contributed by atoms with van der Waals surface area (Å²) in [6.45, 7) is 4.22. The Bertz CT molecular complexity index is 730. The Labute approximate surface area is 119 Å². The lowest BCUT2D eigenvalue weighted by Crippen LogP contribution is -1.86. The molecule has 0 saturated carbocycles. The lowest BCUT2D eigenvalue weighted by molar-refractivity contribution is 0.566. The highest BCUT2D eigenvalue weighted by Crippen LogP contribution is 2.28. The standard InChI is InChI=1S/C19H17O/c1-14-8-9-18(15(2)12-14)19-13-17(10-11-20-19)16-6-4-3-5-7-16/h3-13H,1-2H3/q+1. The van der Waals surface area contributed by atoms with Crippen molar-refractivity contribution >= 4 is 0 Å². The van der Waals surface area contributed by atoms with E-state index < -0.39 is 0 Å². The van der Waals surface area contributed by atoms with E-state index in [9.17, 15) is 0 Å². The fourth-order valence-electron chi connectivity index (χ4n) is 2.45. The summed E-state index contributed by atoms with van der Waals surface area (Å²) in [6.07, 6.45) is 1.76. The van der Waals surface area contributed by atoms with Crippen LogP contribution < -0.4 is 0 Å². The fourth-order valence-corrected chi connectivity index (χ4v) is 2.45. The van der Waals surface area contributed by atoms with Crippen molar-refractivity contribution in [2.75, 3.05) is 0 Å². The first-order valence-corrected chi connectivity index (χ1v) is 6.79. The molecule has 0 fully saturated rings. The lowest BCUT2D eigenvalue weighted by atomic mass is 10.0. The second kappa shape index (κ2) is 5.30. The van der Waals surface area contributed by atoms with Crippen LogP contribution in [0.5, 0.6) is 0 Å². The molecule has 98 valence electrons. The van der Waals surface area contributed by atoms with Gasteiger partial charge in [-0.1, -0.05) is 48.0 Å². The van der Waals surface area contributed by atoms with Crippen LogP contribution in [0.4, 0.5) is 0 Å². The Morgan fingerprint density at radius 1 is 0.750 bits per heavy atom. The van der Waals surface area contributed by atoms with Crippen LogP contribution in [-0.2, 0) is 0 Å². The van der Waals surface area contributed by atoms with Gasteiger partial charge in [-0.05, 0) is 36.6 Å². The third kappa shape index (κ3) is 2.48. The average Bonchev–Trinajstić information content (AvgIpc) is 2.48. The van der Waals surface area contributed by atoms with Gasteiger partial charge in [0.1, 0.15) is 0 Å². The first-order chi connectivity index (χ1) is 9.74. The van der Waals surface area contributed by atoms with Crippen molar-refractivity contribution in [1.82, 2.24) is 0 Å². The normalized spacial score (nSPS) is 10.5. The van der Waals surface area contributed by atoms with Crippen LogP contribution >= 0.6 is 0 Å². The summed E-state index contributed by atoms with van der Waals surface area (Å²) in [4.78, 5) is 0. The summed E-state index contributed by atoms with van der Waals surface area (Å²) in [5.74, 6) is 0.906. The minimum atomic E-state index is 0.906. The van der Waals surface area contributed by atoms with E-state index in [0.717, 1.165) is 11.3 Å². The van der Waals surface area contributed by atoms with Crippen molar-refractivity contribution in [1.29, 1.82) is 0 Å². The number of hydrogen-bond donors (Lipinski definition) is 0. The summed E-state index contributed by atoms with van der Waals surface area (Å²) in [5, 5.41) is 0. The molecule has 0 radical (unpaired) electrons. The van der Waals surface area contributed by atoms with Crippen molar-refractivity contribution in [3.63, 3.8) is 0 Å². The molecule has 0 atom stereocenters. The topological polar surface area (TPSA) is 11.3 Å². The van der Waals surface area contributed by atoms with Gasteiger partial charge >= 0.3 is 12.0 Å². The zero-order chi connectivity index (χ0) is 13.9. The molecule has 0 saturated heterocycles. The summed E-state index contributed by atoms with van der Waals surface area (Å²) < 4.78 is 5.70. The molecule has 0 spiro atoms. The van der Waals surface area contributed by atoms with Crippen LogP contribution in [0.3, 0.4) is 0 Å². The molecule has 20 heavy (non-hydrogen) atoms. The predicted octanol–water partition coefficient (Wildman–Crippen LogP) is 5.51. The first-order valence-electron chi connectivity index (χ1n) is 6.79. The second-order valence-electron chi connectivity index (χ2n) is 5.07. The molecule has 1 heterocycles. The summed E-state index contributed by atoms with van der Waals surface area (Å²) in [5.41, 5.74) is 6.03. The van der Waals surface area contributed by atoms with Crippen LogP contribution in [-0.4, -0.2) is 0 Å². The molecule has 0 aliphatic rings. The molecule has 0 bridgehead atoms. The highest BCUT2D eigenvalue weighted by atomic mass is 16.3. The second-order valence-corrected chi connectivity index (χ2v) is 5.07. The Hall–Kier alpha value is -2.41. The molecule has 2 aromatic carbocycles. The maximum Gasteiger partial charge on any atom is 0.360 e. The maximum absolute atomic E-state index is 5.70. The largest absolute Gasteiger partial charge is 0.360 e. The molecule has 1 nitrogen and oxygen atoms in total. The van der Waals surface area contributed by atoms with Crippen molar-refractivity contribution in [2.45, 2.75) is 13.8 Å². The van der Waals surface area contributed by atoms with E-state index in [0.29, 0.717) is 0 Å². The first kappa shape index (κ1) is 12.6. The zero-order valence-electron chi connectivity index (χ0n) is 11.8. The van der Waals surface area contributed by atoms with Gasteiger partial charge in [-0.15, -0.1) is 0 Å². The van der Waals surface area contributed by atoms with Gasteiger partial charge in [0.15, 0.2) is 0 Å². The van der Waals surface area contributed by atoms with E-state index in [1.165, 1.54) is 22.3 Å².